The van der Waals surface area contributed by atoms with Crippen LogP contribution in [0.1, 0.15) is 163 Å². The summed E-state index contributed by atoms with van der Waals surface area (Å²) in [6.45, 7) is 14.1. The number of rotatable bonds is 57. The number of carbonyl (C=O) groups is 10. The minimum atomic E-state index is -1.86. The number of hydrogen-bond acceptors (Lipinski definition) is 28. The second-order valence-corrected chi connectivity index (χ2v) is 34.4. The van der Waals surface area contributed by atoms with E-state index in [1.54, 1.807) is 24.3 Å². The number of carboxylic acids is 1. The van der Waals surface area contributed by atoms with E-state index in [2.05, 4.69) is 99.3 Å². The SMILES string of the molecule is CC(C)CCN1C(=CC=CC=CC=CC2=[N+](CCCCCC(=O)CCCOCCOCCOCCOCCOCCOCCC(=O)NCC3CC4CC[C@H]5C(=O)N[C@@H](CCCN=C(N)N)C(=O)NCC(=O)N[C@@H](CC(=O)O)C(=O)N[C@H]3C(=O)N45)c3ccc(C(=O)NCC(O)C(O)C(O)C(O)CO)cc3C2(C)C)C(C)(C)c2cc(C(=O)NCC(O)C(O)C(O)C(O)CO)ccc21. The number of guanidine groups is 1. The number of amides is 8. The number of aliphatic hydroxyl groups excluding tert-OH is 10. The Bertz CT molecular complexity index is 4250. The first-order valence-electron chi connectivity index (χ1n) is 44.7. The maximum atomic E-state index is 14.4. The molecule has 3 fully saturated rings. The number of aliphatic carboxylic acids is 1. The zero-order valence-corrected chi connectivity index (χ0v) is 75.3. The summed E-state index contributed by atoms with van der Waals surface area (Å²) in [4.78, 5) is 141. The van der Waals surface area contributed by atoms with Crippen LogP contribution in [-0.2, 0) is 77.6 Å². The molecule has 10 unspecified atom stereocenters. The van der Waals surface area contributed by atoms with Gasteiger partial charge in [-0.2, -0.15) is 4.58 Å². The summed E-state index contributed by atoms with van der Waals surface area (Å²) in [5.74, 6) is -7.16. The fourth-order valence-electron chi connectivity index (χ4n) is 16.1. The first-order valence-corrected chi connectivity index (χ1v) is 44.7. The highest BCUT2D eigenvalue weighted by Gasteiger charge is 2.52. The van der Waals surface area contributed by atoms with Crippen LogP contribution < -0.4 is 53.6 Å². The number of Topliss-reactive ketones (excluding diaryl/α,β-unsaturated/α-hetero) is 1. The fourth-order valence-corrected chi connectivity index (χ4v) is 16.1. The largest absolute Gasteiger partial charge is 0.481 e. The van der Waals surface area contributed by atoms with Crippen molar-refractivity contribution in [3.05, 3.63) is 107 Å². The second kappa shape index (κ2) is 54.4. The standard InChI is InChI=1S/C90H137N13O27/c1-55(2)28-32-102-66-26-23-57(83(120)96-51-69(108)79(116)81(118)71(110)54-105)47-62(66)90(5,6)73(102)21-13-9-7-8-12-20-72-89(3,4)61-46-56(82(119)95-50-68(107)78(115)80(117)70(109)53-104)22-25-65(61)101(72)31-14-10-11-17-60(106)18-16-33-125-35-37-127-39-41-129-43-44-130-42-40-128-38-36-126-34-29-74(111)94-49-58-45-59-24-27-67-86(123)99-63(19-15-30-93-88(91)92)84(121)97-52-75(112)98-64(48-76(113)114)85(122)100-77(58)87(124)103(59)67/h7-9,12-13,20-23,25-26,46-47,55,58-59,63-64,67-71,77-81,104-105,107-110,115-118H,10-11,14-19,24,27-45,48-54H2,1-6H3,(H11-,91,92,93,94,95,96,97,98,99,100,111,112,113,114,119,120,121,122,123)/p+1/t58?,59?,63-,64-,67-,68?,69?,70?,71?,77+,78?,79?,80?,81?/m0/s1. The Morgan fingerprint density at radius 1 is 0.600 bits per heavy atom. The number of allylic oxidation sites excluding steroid dienone is 8. The molecule has 724 valence electrons. The van der Waals surface area contributed by atoms with Crippen molar-refractivity contribution in [2.45, 2.75) is 221 Å². The number of ketones is 1. The van der Waals surface area contributed by atoms with E-state index in [0.717, 1.165) is 53.2 Å². The topological polar surface area (TPSA) is 607 Å². The maximum absolute atomic E-state index is 14.4. The zero-order chi connectivity index (χ0) is 95.2. The van der Waals surface area contributed by atoms with Crippen LogP contribution >= 0.6 is 0 Å². The van der Waals surface area contributed by atoms with Crippen LogP contribution in [0.3, 0.4) is 0 Å². The Balaban J connectivity index is 0.777. The average molecular weight is 1830 g/mol. The lowest BCUT2D eigenvalue weighted by atomic mass is 9.80. The van der Waals surface area contributed by atoms with Crippen molar-refractivity contribution in [1.82, 2.24) is 42.1 Å². The van der Waals surface area contributed by atoms with E-state index >= 15 is 0 Å². The molecule has 0 aliphatic carbocycles. The van der Waals surface area contributed by atoms with Crippen LogP contribution in [0.2, 0.25) is 0 Å². The normalized spacial score (nSPS) is 21.4. The molecule has 3 saturated heterocycles. The summed E-state index contributed by atoms with van der Waals surface area (Å²) in [6.07, 6.45) is 4.32. The summed E-state index contributed by atoms with van der Waals surface area (Å²) < 4.78 is 35.9. The van der Waals surface area contributed by atoms with Gasteiger partial charge in [0.1, 0.15) is 73.1 Å². The van der Waals surface area contributed by atoms with Gasteiger partial charge in [-0.05, 0) is 120 Å². The molecule has 130 heavy (non-hydrogen) atoms. The second-order valence-electron chi connectivity index (χ2n) is 34.4. The third-order valence-corrected chi connectivity index (χ3v) is 23.5. The molecule has 8 amide bonds. The molecule has 2 aromatic rings. The molecule has 40 heteroatoms. The molecule has 5 heterocycles. The van der Waals surface area contributed by atoms with Gasteiger partial charge in [0.15, 0.2) is 11.7 Å². The van der Waals surface area contributed by atoms with Gasteiger partial charge in [0, 0.05) is 123 Å². The molecular formula is C90H138N13O27+. The number of hydrogen-bond donors (Lipinski definition) is 20. The molecule has 14 atom stereocenters. The number of benzene rings is 2. The Morgan fingerprint density at radius 3 is 1.74 bits per heavy atom. The number of nitrogens with two attached hydrogens (primary N) is 2. The Hall–Kier alpha value is -9.60. The highest BCUT2D eigenvalue weighted by molar-refractivity contribution is 6.05. The Labute approximate surface area is 757 Å². The molecule has 5 aliphatic heterocycles. The van der Waals surface area contributed by atoms with E-state index in [-0.39, 0.29) is 88.9 Å². The molecule has 0 radical (unpaired) electrons. The molecule has 2 bridgehead atoms. The number of aliphatic imine (C=N–C) groups is 1. The van der Waals surface area contributed by atoms with Crippen molar-refractivity contribution in [1.29, 1.82) is 0 Å². The number of nitrogens with zero attached hydrogens (tertiary/aromatic N) is 4. The van der Waals surface area contributed by atoms with E-state index in [4.69, 9.17) is 45.0 Å². The first-order chi connectivity index (χ1) is 62.0. The predicted octanol–water partition coefficient (Wildman–Crippen LogP) is -2.20. The number of anilines is 1. The molecule has 22 N–H and O–H groups in total. The molecule has 5 aliphatic rings. The van der Waals surface area contributed by atoms with Gasteiger partial charge in [0.25, 0.3) is 11.8 Å². The highest BCUT2D eigenvalue weighted by Crippen LogP contribution is 2.49. The molecule has 2 aromatic carbocycles. The van der Waals surface area contributed by atoms with Crippen LogP contribution in [0.15, 0.2) is 89.6 Å². The van der Waals surface area contributed by atoms with Crippen molar-refractivity contribution in [2.24, 2.45) is 28.3 Å². The Morgan fingerprint density at radius 2 is 1.15 bits per heavy atom. The number of aliphatic hydroxyl groups is 10. The zero-order valence-electron chi connectivity index (χ0n) is 75.3. The predicted molar refractivity (Wildman–Crippen MR) is 476 cm³/mol. The van der Waals surface area contributed by atoms with Gasteiger partial charge in [-0.25, -0.2) is 0 Å². The number of unbranched alkanes of at least 4 members (excludes halogenated alkanes) is 2. The summed E-state index contributed by atoms with van der Waals surface area (Å²) in [6, 6.07) is 5.05. The van der Waals surface area contributed by atoms with Crippen molar-refractivity contribution < 1.29 is 137 Å². The van der Waals surface area contributed by atoms with E-state index in [0.29, 0.717) is 110 Å². The summed E-state index contributed by atoms with van der Waals surface area (Å²) in [5.41, 5.74) is 15.8. The average Bonchev–Trinajstić information content (AvgIpc) is 1.61. The quantitative estimate of drug-likeness (QED) is 0.0110. The third kappa shape index (κ3) is 32.7. The molecule has 0 aromatic heterocycles. The lowest BCUT2D eigenvalue weighted by Gasteiger charge is -2.42. The van der Waals surface area contributed by atoms with Gasteiger partial charge >= 0.3 is 5.97 Å². The van der Waals surface area contributed by atoms with Crippen LogP contribution in [0.5, 0.6) is 0 Å². The van der Waals surface area contributed by atoms with Gasteiger partial charge in [0.2, 0.25) is 41.1 Å². The van der Waals surface area contributed by atoms with Crippen molar-refractivity contribution in [2.75, 3.05) is 143 Å². The van der Waals surface area contributed by atoms with Gasteiger partial charge in [-0.15, -0.1) is 0 Å². The number of ether oxygens (including phenoxy) is 6. The van der Waals surface area contributed by atoms with Gasteiger partial charge in [-0.1, -0.05) is 58.1 Å². The minimum absolute atomic E-state index is 0.0402. The maximum Gasteiger partial charge on any atom is 0.305 e. The molecule has 0 saturated carbocycles. The van der Waals surface area contributed by atoms with Gasteiger partial charge in [-0.3, -0.25) is 52.9 Å². The smallest absolute Gasteiger partial charge is 0.305 e. The van der Waals surface area contributed by atoms with Crippen LogP contribution in [0.4, 0.5) is 11.4 Å². The van der Waals surface area contributed by atoms with Gasteiger partial charge < -0.3 is 143 Å². The third-order valence-electron chi connectivity index (χ3n) is 23.5. The molecule has 7 rings (SSSR count). The van der Waals surface area contributed by atoms with Crippen LogP contribution in [-0.4, -0.2) is 354 Å². The van der Waals surface area contributed by atoms with Crippen LogP contribution in [0.25, 0.3) is 0 Å². The van der Waals surface area contributed by atoms with Crippen molar-refractivity contribution >= 4 is 82.1 Å². The van der Waals surface area contributed by atoms with Crippen LogP contribution in [0, 0.1) is 11.8 Å². The van der Waals surface area contributed by atoms with E-state index < -0.39 is 188 Å². The highest BCUT2D eigenvalue weighted by atomic mass is 16.6. The summed E-state index contributed by atoms with van der Waals surface area (Å²) in [5, 5.41) is 127. The van der Waals surface area contributed by atoms with Gasteiger partial charge in [0.05, 0.1) is 116 Å². The van der Waals surface area contributed by atoms with E-state index in [1.165, 1.54) is 4.90 Å². The fraction of sp³-hybridized carbons (Fsp3) is 0.644. The monoisotopic (exact) mass is 1830 g/mol. The van der Waals surface area contributed by atoms with E-state index in [9.17, 15) is 99.0 Å². The van der Waals surface area contributed by atoms with E-state index in [1.807, 2.05) is 48.6 Å². The number of piperidine rings is 1. The number of carboxylic acid groups (broad SMARTS) is 1. The number of carbonyl (C=O) groups excluding carboxylic acids is 9. The number of nitrogens with one attached hydrogen (secondary N) is 7. The van der Waals surface area contributed by atoms with Crippen molar-refractivity contribution in [3.63, 3.8) is 0 Å². The molecule has 40 nitrogen and oxygen atoms in total. The molecule has 0 spiro atoms. The minimum Gasteiger partial charge on any atom is -0.481 e. The molecular weight excluding hydrogens is 1700 g/mol. The number of fused-ring (bicyclic) bond motifs is 3. The first kappa shape index (κ1) is 107. The summed E-state index contributed by atoms with van der Waals surface area (Å²) >= 11 is 0. The lowest BCUT2D eigenvalue weighted by molar-refractivity contribution is -0.438. The Kier molecular flexibility index (Phi) is 45.0. The van der Waals surface area contributed by atoms with Crippen molar-refractivity contribution in [3.8, 4) is 0 Å². The lowest BCUT2D eigenvalue weighted by Crippen LogP contribution is -2.65. The summed E-state index contributed by atoms with van der Waals surface area (Å²) in [7, 11) is 0.